The molecule has 104 valence electrons. The van der Waals surface area contributed by atoms with E-state index in [4.69, 9.17) is 11.1 Å². The van der Waals surface area contributed by atoms with Crippen molar-refractivity contribution in [3.05, 3.63) is 23.8 Å². The van der Waals surface area contributed by atoms with Crippen LogP contribution in [0.4, 0.5) is 5.69 Å². The molecule has 3 N–H and O–H groups in total. The van der Waals surface area contributed by atoms with E-state index in [1.807, 2.05) is 0 Å². The van der Waals surface area contributed by atoms with Crippen molar-refractivity contribution in [2.24, 2.45) is 11.7 Å². The van der Waals surface area contributed by atoms with Crippen LogP contribution in [0.2, 0.25) is 0 Å². The number of benzene rings is 1. The molecule has 0 aromatic heterocycles. The van der Waals surface area contributed by atoms with Gasteiger partial charge in [0.25, 0.3) is 0 Å². The lowest BCUT2D eigenvalue weighted by atomic mass is 9.98. The van der Waals surface area contributed by atoms with Crippen LogP contribution in [-0.2, 0) is 0 Å². The molecule has 1 aromatic rings. The third-order valence-corrected chi connectivity index (χ3v) is 4.64. The molecule has 0 saturated carbocycles. The Morgan fingerprint density at radius 1 is 1.42 bits per heavy atom. The van der Waals surface area contributed by atoms with Crippen LogP contribution >= 0.6 is 11.8 Å². The first kappa shape index (κ1) is 14.3. The normalized spacial score (nSPS) is 16.6. The van der Waals surface area contributed by atoms with E-state index >= 15 is 0 Å². The number of nitrogen functional groups attached to an aromatic ring is 1. The van der Waals surface area contributed by atoms with Gasteiger partial charge in [0.05, 0.1) is 5.56 Å². The zero-order valence-electron chi connectivity index (χ0n) is 11.8. The number of piperidine rings is 1. The molecule has 3 nitrogen and oxygen atoms in total. The SMILES string of the molecule is CCSc1cccc(N2CCC(C)CC2)c1C(=N)N. The Morgan fingerprint density at radius 3 is 2.68 bits per heavy atom. The number of anilines is 1. The number of amidine groups is 1. The lowest BCUT2D eigenvalue weighted by Crippen LogP contribution is -2.34. The number of thioether (sulfide) groups is 1. The van der Waals surface area contributed by atoms with E-state index in [0.29, 0.717) is 0 Å². The minimum atomic E-state index is 0.185. The monoisotopic (exact) mass is 277 g/mol. The summed E-state index contributed by atoms with van der Waals surface area (Å²) < 4.78 is 0. The number of nitrogens with two attached hydrogens (primary N) is 1. The Morgan fingerprint density at radius 2 is 2.11 bits per heavy atom. The summed E-state index contributed by atoms with van der Waals surface area (Å²) in [6.45, 7) is 6.58. The first-order chi connectivity index (χ1) is 9.13. The maximum Gasteiger partial charge on any atom is 0.126 e. The van der Waals surface area contributed by atoms with Gasteiger partial charge in [-0.3, -0.25) is 5.41 Å². The van der Waals surface area contributed by atoms with Crippen LogP contribution in [0.25, 0.3) is 0 Å². The summed E-state index contributed by atoms with van der Waals surface area (Å²) in [5, 5.41) is 7.89. The molecule has 1 aliphatic rings. The Bertz CT molecular complexity index is 451. The van der Waals surface area contributed by atoms with Crippen LogP contribution in [0, 0.1) is 11.3 Å². The number of nitrogens with zero attached hydrogens (tertiary/aromatic N) is 1. The zero-order chi connectivity index (χ0) is 13.8. The average molecular weight is 277 g/mol. The Labute approximate surface area is 120 Å². The maximum atomic E-state index is 7.89. The third kappa shape index (κ3) is 3.24. The molecule has 1 saturated heterocycles. The Kier molecular flexibility index (Phi) is 4.75. The van der Waals surface area contributed by atoms with Crippen LogP contribution in [0.5, 0.6) is 0 Å². The summed E-state index contributed by atoms with van der Waals surface area (Å²) in [4.78, 5) is 3.52. The second-order valence-electron chi connectivity index (χ2n) is 5.17. The van der Waals surface area contributed by atoms with Gasteiger partial charge in [-0.15, -0.1) is 11.8 Å². The van der Waals surface area contributed by atoms with Gasteiger partial charge in [-0.25, -0.2) is 0 Å². The predicted octanol–water partition coefficient (Wildman–Crippen LogP) is 3.32. The molecule has 0 unspecified atom stereocenters. The van der Waals surface area contributed by atoms with Crippen LogP contribution in [0.15, 0.2) is 23.1 Å². The third-order valence-electron chi connectivity index (χ3n) is 3.70. The number of nitrogens with one attached hydrogen (secondary N) is 1. The molecule has 1 aliphatic heterocycles. The minimum absolute atomic E-state index is 0.185. The number of rotatable bonds is 4. The highest BCUT2D eigenvalue weighted by molar-refractivity contribution is 7.99. The lowest BCUT2D eigenvalue weighted by molar-refractivity contribution is 0.438. The molecule has 0 atom stereocenters. The van der Waals surface area contributed by atoms with E-state index in [0.717, 1.165) is 40.9 Å². The second kappa shape index (κ2) is 6.33. The summed E-state index contributed by atoms with van der Waals surface area (Å²) in [6, 6.07) is 6.26. The van der Waals surface area contributed by atoms with Gasteiger partial charge < -0.3 is 10.6 Å². The highest BCUT2D eigenvalue weighted by atomic mass is 32.2. The molecular formula is C15H23N3S. The smallest absolute Gasteiger partial charge is 0.126 e. The van der Waals surface area contributed by atoms with Crippen LogP contribution in [-0.4, -0.2) is 24.7 Å². The summed E-state index contributed by atoms with van der Waals surface area (Å²) in [5.74, 6) is 2.00. The van der Waals surface area contributed by atoms with Crippen LogP contribution < -0.4 is 10.6 Å². The van der Waals surface area contributed by atoms with Gasteiger partial charge in [0.15, 0.2) is 0 Å². The zero-order valence-corrected chi connectivity index (χ0v) is 12.6. The molecule has 1 fully saturated rings. The van der Waals surface area contributed by atoms with E-state index < -0.39 is 0 Å². The molecule has 2 rings (SSSR count). The molecule has 1 heterocycles. The fourth-order valence-corrected chi connectivity index (χ4v) is 3.42. The molecule has 0 aliphatic carbocycles. The van der Waals surface area contributed by atoms with E-state index in [1.165, 1.54) is 12.8 Å². The molecule has 0 radical (unpaired) electrons. The maximum absolute atomic E-state index is 7.89. The van der Waals surface area contributed by atoms with Gasteiger partial charge in [-0.1, -0.05) is 19.9 Å². The van der Waals surface area contributed by atoms with Crippen molar-refractivity contribution in [2.45, 2.75) is 31.6 Å². The average Bonchev–Trinajstić information content (AvgIpc) is 2.39. The van der Waals surface area contributed by atoms with Crippen LogP contribution in [0.3, 0.4) is 0 Å². The van der Waals surface area contributed by atoms with E-state index in [9.17, 15) is 0 Å². The molecule has 0 amide bonds. The van der Waals surface area contributed by atoms with Crippen molar-refractivity contribution in [3.8, 4) is 0 Å². The molecule has 4 heteroatoms. The summed E-state index contributed by atoms with van der Waals surface area (Å²) >= 11 is 1.76. The molecular weight excluding hydrogens is 254 g/mol. The first-order valence-corrected chi connectivity index (χ1v) is 7.97. The fraction of sp³-hybridized carbons (Fsp3) is 0.533. The molecule has 1 aromatic carbocycles. The fourth-order valence-electron chi connectivity index (χ4n) is 2.58. The van der Waals surface area contributed by atoms with Crippen molar-refractivity contribution in [3.63, 3.8) is 0 Å². The van der Waals surface area contributed by atoms with Crippen molar-refractivity contribution in [1.29, 1.82) is 5.41 Å². The van der Waals surface area contributed by atoms with Gasteiger partial charge in [0.1, 0.15) is 5.84 Å². The van der Waals surface area contributed by atoms with Crippen LogP contribution in [0.1, 0.15) is 32.3 Å². The van der Waals surface area contributed by atoms with Gasteiger partial charge in [-0.2, -0.15) is 0 Å². The Hall–Kier alpha value is -1.16. The van der Waals surface area contributed by atoms with Crippen molar-refractivity contribution in [1.82, 2.24) is 0 Å². The van der Waals surface area contributed by atoms with Gasteiger partial charge in [0, 0.05) is 23.7 Å². The predicted molar refractivity (Wildman–Crippen MR) is 84.5 cm³/mol. The molecule has 0 spiro atoms. The standard InChI is InChI=1S/C15H23N3S/c1-3-19-13-6-4-5-12(14(13)15(16)17)18-9-7-11(2)8-10-18/h4-6,11H,3,7-10H2,1-2H3,(H3,16,17). The molecule has 19 heavy (non-hydrogen) atoms. The van der Waals surface area contributed by atoms with Gasteiger partial charge in [-0.05, 0) is 36.6 Å². The first-order valence-electron chi connectivity index (χ1n) is 6.98. The van der Waals surface area contributed by atoms with Gasteiger partial charge in [0.2, 0.25) is 0 Å². The summed E-state index contributed by atoms with van der Waals surface area (Å²) in [7, 11) is 0. The largest absolute Gasteiger partial charge is 0.384 e. The van der Waals surface area contributed by atoms with Gasteiger partial charge >= 0.3 is 0 Å². The molecule has 0 bridgehead atoms. The van der Waals surface area contributed by atoms with E-state index in [-0.39, 0.29) is 5.84 Å². The lowest BCUT2D eigenvalue weighted by Gasteiger charge is -2.33. The number of hydrogen-bond acceptors (Lipinski definition) is 3. The second-order valence-corrected chi connectivity index (χ2v) is 6.47. The highest BCUT2D eigenvalue weighted by Crippen LogP contribution is 2.32. The van der Waals surface area contributed by atoms with E-state index in [1.54, 1.807) is 11.8 Å². The van der Waals surface area contributed by atoms with Crippen molar-refractivity contribution in [2.75, 3.05) is 23.7 Å². The highest BCUT2D eigenvalue weighted by Gasteiger charge is 2.20. The topological polar surface area (TPSA) is 53.1 Å². The minimum Gasteiger partial charge on any atom is -0.384 e. The summed E-state index contributed by atoms with van der Waals surface area (Å²) in [5.41, 5.74) is 7.88. The van der Waals surface area contributed by atoms with Crippen molar-refractivity contribution >= 4 is 23.3 Å². The van der Waals surface area contributed by atoms with Crippen molar-refractivity contribution < 1.29 is 0 Å². The summed E-state index contributed by atoms with van der Waals surface area (Å²) in [6.07, 6.45) is 2.45. The van der Waals surface area contributed by atoms with E-state index in [2.05, 4.69) is 36.9 Å². The Balaban J connectivity index is 2.33. The number of hydrogen-bond donors (Lipinski definition) is 2. The quantitative estimate of drug-likeness (QED) is 0.504.